The lowest BCUT2D eigenvalue weighted by Crippen LogP contribution is -2.05. The SMILES string of the molecule is Fc1cc(F)c(C2=CCOCC2)c(Br)c1. The Morgan fingerprint density at radius 1 is 1.27 bits per heavy atom. The van der Waals surface area contributed by atoms with Crippen molar-refractivity contribution >= 4 is 21.5 Å². The zero-order valence-electron chi connectivity index (χ0n) is 7.90. The Hall–Kier alpha value is -0.740. The van der Waals surface area contributed by atoms with Gasteiger partial charge in [-0.25, -0.2) is 8.78 Å². The van der Waals surface area contributed by atoms with Crippen molar-refractivity contribution in [3.05, 3.63) is 39.9 Å². The van der Waals surface area contributed by atoms with Gasteiger partial charge in [0.1, 0.15) is 11.6 Å². The zero-order valence-corrected chi connectivity index (χ0v) is 9.48. The van der Waals surface area contributed by atoms with Gasteiger partial charge in [-0.15, -0.1) is 0 Å². The van der Waals surface area contributed by atoms with Crippen LogP contribution in [0, 0.1) is 11.6 Å². The molecule has 0 radical (unpaired) electrons. The van der Waals surface area contributed by atoms with Crippen molar-refractivity contribution in [1.29, 1.82) is 0 Å². The Bertz CT molecular complexity index is 392. The van der Waals surface area contributed by atoms with Gasteiger partial charge in [0.25, 0.3) is 0 Å². The average Bonchev–Trinajstić information content (AvgIpc) is 2.17. The van der Waals surface area contributed by atoms with E-state index >= 15 is 0 Å². The predicted octanol–water partition coefficient (Wildman–Crippen LogP) is 3.53. The first-order chi connectivity index (χ1) is 7.18. The molecule has 2 rings (SSSR count). The van der Waals surface area contributed by atoms with Gasteiger partial charge in [0.2, 0.25) is 0 Å². The molecule has 0 spiro atoms. The molecule has 0 aliphatic carbocycles. The van der Waals surface area contributed by atoms with Crippen LogP contribution >= 0.6 is 15.9 Å². The molecule has 1 aliphatic heterocycles. The summed E-state index contributed by atoms with van der Waals surface area (Å²) in [7, 11) is 0. The smallest absolute Gasteiger partial charge is 0.134 e. The lowest BCUT2D eigenvalue weighted by molar-refractivity contribution is 0.161. The molecule has 1 aromatic carbocycles. The minimum Gasteiger partial charge on any atom is -0.377 e. The molecule has 4 heteroatoms. The minimum absolute atomic E-state index is 0.444. The van der Waals surface area contributed by atoms with Gasteiger partial charge in [0, 0.05) is 16.1 Å². The maximum absolute atomic E-state index is 13.5. The van der Waals surface area contributed by atoms with Crippen molar-refractivity contribution in [2.45, 2.75) is 6.42 Å². The van der Waals surface area contributed by atoms with Crippen LogP contribution in [-0.4, -0.2) is 13.2 Å². The van der Waals surface area contributed by atoms with E-state index in [2.05, 4.69) is 15.9 Å². The molecule has 0 saturated carbocycles. The molecule has 1 nitrogen and oxygen atoms in total. The molecule has 1 aliphatic rings. The number of hydrogen-bond acceptors (Lipinski definition) is 1. The molecule has 0 atom stereocenters. The quantitative estimate of drug-likeness (QED) is 0.761. The highest BCUT2D eigenvalue weighted by Gasteiger charge is 2.15. The molecule has 1 aromatic rings. The highest BCUT2D eigenvalue weighted by atomic mass is 79.9. The van der Waals surface area contributed by atoms with Crippen LogP contribution < -0.4 is 0 Å². The largest absolute Gasteiger partial charge is 0.377 e. The first-order valence-electron chi connectivity index (χ1n) is 4.60. The van der Waals surface area contributed by atoms with Crippen molar-refractivity contribution in [2.24, 2.45) is 0 Å². The summed E-state index contributed by atoms with van der Waals surface area (Å²) in [5.41, 5.74) is 1.31. The van der Waals surface area contributed by atoms with Crippen LogP contribution in [0.15, 0.2) is 22.7 Å². The molecule has 0 bridgehead atoms. The van der Waals surface area contributed by atoms with Gasteiger partial charge in [-0.2, -0.15) is 0 Å². The fraction of sp³-hybridized carbons (Fsp3) is 0.273. The lowest BCUT2D eigenvalue weighted by Gasteiger charge is -2.15. The van der Waals surface area contributed by atoms with Crippen molar-refractivity contribution < 1.29 is 13.5 Å². The third kappa shape index (κ3) is 2.26. The molecule has 15 heavy (non-hydrogen) atoms. The summed E-state index contributed by atoms with van der Waals surface area (Å²) in [6.07, 6.45) is 2.48. The van der Waals surface area contributed by atoms with Gasteiger partial charge in [0.05, 0.1) is 13.2 Å². The molecule has 0 unspecified atom stereocenters. The van der Waals surface area contributed by atoms with E-state index in [0.717, 1.165) is 11.6 Å². The van der Waals surface area contributed by atoms with Crippen LogP contribution in [0.1, 0.15) is 12.0 Å². The van der Waals surface area contributed by atoms with Crippen molar-refractivity contribution in [2.75, 3.05) is 13.2 Å². The first-order valence-corrected chi connectivity index (χ1v) is 5.39. The van der Waals surface area contributed by atoms with Gasteiger partial charge in [-0.05, 0) is 34.0 Å². The number of halogens is 3. The normalized spacial score (nSPS) is 16.3. The van der Waals surface area contributed by atoms with E-state index in [9.17, 15) is 8.78 Å². The van der Waals surface area contributed by atoms with Crippen molar-refractivity contribution in [1.82, 2.24) is 0 Å². The Balaban J connectivity index is 2.47. The Kier molecular flexibility index (Phi) is 3.17. The maximum Gasteiger partial charge on any atom is 0.134 e. The fourth-order valence-corrected chi connectivity index (χ4v) is 2.27. The van der Waals surface area contributed by atoms with Crippen LogP contribution in [0.3, 0.4) is 0 Å². The van der Waals surface area contributed by atoms with Gasteiger partial charge in [-0.1, -0.05) is 6.08 Å². The van der Waals surface area contributed by atoms with E-state index in [-0.39, 0.29) is 0 Å². The molecule has 0 amide bonds. The average molecular weight is 275 g/mol. The van der Waals surface area contributed by atoms with E-state index in [4.69, 9.17) is 4.74 Å². The van der Waals surface area contributed by atoms with Gasteiger partial charge in [-0.3, -0.25) is 0 Å². The van der Waals surface area contributed by atoms with Crippen LogP contribution in [0.2, 0.25) is 0 Å². The molecular weight excluding hydrogens is 266 g/mol. The van der Waals surface area contributed by atoms with Gasteiger partial charge in [0.15, 0.2) is 0 Å². The second kappa shape index (κ2) is 4.41. The zero-order chi connectivity index (χ0) is 10.8. The topological polar surface area (TPSA) is 9.23 Å². The lowest BCUT2D eigenvalue weighted by atomic mass is 10.0. The number of hydrogen-bond donors (Lipinski definition) is 0. The van der Waals surface area contributed by atoms with Crippen LogP contribution in [-0.2, 0) is 4.74 Å². The van der Waals surface area contributed by atoms with Crippen LogP contribution in [0.25, 0.3) is 5.57 Å². The summed E-state index contributed by atoms with van der Waals surface area (Å²) < 4.78 is 32.0. The Morgan fingerprint density at radius 3 is 2.67 bits per heavy atom. The third-order valence-electron chi connectivity index (χ3n) is 2.29. The van der Waals surface area contributed by atoms with E-state index in [0.29, 0.717) is 29.7 Å². The molecule has 0 saturated heterocycles. The van der Waals surface area contributed by atoms with E-state index in [1.807, 2.05) is 6.08 Å². The van der Waals surface area contributed by atoms with Gasteiger partial charge < -0.3 is 4.74 Å². The standard InChI is InChI=1S/C11H9BrF2O/c12-9-5-8(13)6-10(14)11(9)7-1-3-15-4-2-7/h1,5-6H,2-4H2. The molecular formula is C11H9BrF2O. The monoisotopic (exact) mass is 274 g/mol. The highest BCUT2D eigenvalue weighted by Crippen LogP contribution is 2.31. The number of rotatable bonds is 1. The van der Waals surface area contributed by atoms with E-state index in [1.54, 1.807) is 0 Å². The molecule has 0 aromatic heterocycles. The fourth-order valence-electron chi connectivity index (χ4n) is 1.60. The molecule has 80 valence electrons. The first kappa shape index (κ1) is 10.8. The Labute approximate surface area is 94.9 Å². The summed E-state index contributed by atoms with van der Waals surface area (Å²) in [6, 6.07) is 2.17. The van der Waals surface area contributed by atoms with Crippen molar-refractivity contribution in [3.63, 3.8) is 0 Å². The number of ether oxygens (including phenoxy) is 1. The van der Waals surface area contributed by atoms with Crippen molar-refractivity contribution in [3.8, 4) is 0 Å². The van der Waals surface area contributed by atoms with E-state index < -0.39 is 11.6 Å². The predicted molar refractivity (Wildman–Crippen MR) is 57.5 cm³/mol. The summed E-state index contributed by atoms with van der Waals surface area (Å²) in [6.45, 7) is 1.06. The highest BCUT2D eigenvalue weighted by molar-refractivity contribution is 9.10. The second-order valence-corrected chi connectivity index (χ2v) is 4.15. The van der Waals surface area contributed by atoms with Crippen LogP contribution in [0.4, 0.5) is 8.78 Å². The Morgan fingerprint density at radius 2 is 2.07 bits per heavy atom. The maximum atomic E-state index is 13.5. The summed E-state index contributed by atoms with van der Waals surface area (Å²) >= 11 is 3.17. The summed E-state index contributed by atoms with van der Waals surface area (Å²) in [4.78, 5) is 0. The summed E-state index contributed by atoms with van der Waals surface area (Å²) in [5, 5.41) is 0. The molecule has 0 N–H and O–H groups in total. The second-order valence-electron chi connectivity index (χ2n) is 3.30. The third-order valence-corrected chi connectivity index (χ3v) is 2.92. The van der Waals surface area contributed by atoms with E-state index in [1.165, 1.54) is 6.07 Å². The van der Waals surface area contributed by atoms with Gasteiger partial charge >= 0.3 is 0 Å². The minimum atomic E-state index is -0.573. The molecule has 1 heterocycles. The summed E-state index contributed by atoms with van der Waals surface area (Å²) in [5.74, 6) is -1.11. The number of benzene rings is 1. The van der Waals surface area contributed by atoms with Crippen LogP contribution in [0.5, 0.6) is 0 Å². The molecule has 0 fully saturated rings.